The maximum atomic E-state index is 11.2. The Balaban J connectivity index is 2.30. The number of carbonyl (C=O) groups is 1. The number of rotatable bonds is 2. The number of hydrogen-bond donors (Lipinski definition) is 1. The quantitative estimate of drug-likeness (QED) is 0.715. The Hall–Kier alpha value is -0.350. The molecule has 1 N–H and O–H groups in total. The molecule has 19 heavy (non-hydrogen) atoms. The molecular weight excluding hydrogens is 370 g/mol. The van der Waals surface area contributed by atoms with Gasteiger partial charge in [-0.2, -0.15) is 0 Å². The molecule has 1 aromatic rings. The van der Waals surface area contributed by atoms with Crippen LogP contribution in [0.3, 0.4) is 0 Å². The van der Waals surface area contributed by atoms with Crippen LogP contribution in [0.5, 0.6) is 0 Å². The molecule has 1 fully saturated rings. The molecule has 0 spiro atoms. The van der Waals surface area contributed by atoms with Crippen molar-refractivity contribution >= 4 is 43.5 Å². The first kappa shape index (κ1) is 15.0. The van der Waals surface area contributed by atoms with Crippen molar-refractivity contribution in [1.29, 1.82) is 0 Å². The fourth-order valence-electron chi connectivity index (χ4n) is 2.91. The van der Waals surface area contributed by atoms with Gasteiger partial charge in [0.15, 0.2) is 0 Å². The predicted molar refractivity (Wildman–Crippen MR) is 86.5 cm³/mol. The molecule has 2 atom stereocenters. The molecule has 2 nitrogen and oxygen atoms in total. The topological polar surface area (TPSA) is 29.1 Å². The van der Waals surface area contributed by atoms with E-state index in [4.69, 9.17) is 0 Å². The Morgan fingerprint density at radius 3 is 2.32 bits per heavy atom. The van der Waals surface area contributed by atoms with Crippen molar-refractivity contribution in [2.45, 2.75) is 45.4 Å². The standard InChI is InChI=1S/C15H19Br2NO/c1-9-5-3-4-6-12(9)11-7-13(16)15(14(17)8-11)18-10(2)19/h7-9,12H,3-6H2,1-2H3,(H,18,19). The average Bonchev–Trinajstić information content (AvgIpc) is 2.34. The maximum absolute atomic E-state index is 11.2. The Morgan fingerprint density at radius 1 is 1.21 bits per heavy atom. The van der Waals surface area contributed by atoms with Crippen molar-refractivity contribution in [3.05, 3.63) is 26.6 Å². The fraction of sp³-hybridized carbons (Fsp3) is 0.533. The first-order valence-corrected chi connectivity index (χ1v) is 8.34. The highest BCUT2D eigenvalue weighted by molar-refractivity contribution is 9.11. The third-order valence-corrected chi connectivity index (χ3v) is 5.16. The van der Waals surface area contributed by atoms with Gasteiger partial charge in [-0.25, -0.2) is 0 Å². The number of halogens is 2. The molecule has 0 saturated heterocycles. The molecule has 0 aromatic heterocycles. The van der Waals surface area contributed by atoms with Crippen molar-refractivity contribution < 1.29 is 4.79 Å². The van der Waals surface area contributed by atoms with E-state index in [1.54, 1.807) is 0 Å². The van der Waals surface area contributed by atoms with Gasteiger partial charge in [0.2, 0.25) is 5.91 Å². The van der Waals surface area contributed by atoms with Crippen molar-refractivity contribution in [1.82, 2.24) is 0 Å². The molecule has 0 aliphatic heterocycles. The minimum absolute atomic E-state index is 0.0554. The van der Waals surface area contributed by atoms with Gasteiger partial charge < -0.3 is 5.32 Å². The zero-order valence-electron chi connectivity index (χ0n) is 11.3. The van der Waals surface area contributed by atoms with Crippen LogP contribution in [0.2, 0.25) is 0 Å². The molecular formula is C15H19Br2NO. The number of benzene rings is 1. The summed E-state index contributed by atoms with van der Waals surface area (Å²) in [5, 5.41) is 2.85. The lowest BCUT2D eigenvalue weighted by Crippen LogP contribution is -2.15. The van der Waals surface area contributed by atoms with Gasteiger partial charge in [-0.1, -0.05) is 26.2 Å². The number of amides is 1. The Bertz CT molecular complexity index is 464. The smallest absolute Gasteiger partial charge is 0.221 e. The van der Waals surface area contributed by atoms with E-state index in [9.17, 15) is 4.79 Å². The fourth-order valence-corrected chi connectivity index (χ4v) is 4.33. The molecule has 1 aliphatic carbocycles. The van der Waals surface area contributed by atoms with Crippen LogP contribution in [-0.2, 0) is 4.79 Å². The summed E-state index contributed by atoms with van der Waals surface area (Å²) in [4.78, 5) is 11.2. The van der Waals surface area contributed by atoms with Gasteiger partial charge in [0.1, 0.15) is 0 Å². The van der Waals surface area contributed by atoms with Crippen molar-refractivity contribution in [2.75, 3.05) is 5.32 Å². The largest absolute Gasteiger partial charge is 0.324 e. The van der Waals surface area contributed by atoms with Gasteiger partial charge in [0.05, 0.1) is 5.69 Å². The lowest BCUT2D eigenvalue weighted by atomic mass is 9.76. The van der Waals surface area contributed by atoms with Crippen molar-refractivity contribution in [2.24, 2.45) is 5.92 Å². The van der Waals surface area contributed by atoms with Crippen LogP contribution in [0, 0.1) is 5.92 Å². The summed E-state index contributed by atoms with van der Waals surface area (Å²) < 4.78 is 1.90. The molecule has 1 aromatic carbocycles. The predicted octanol–water partition coefficient (Wildman–Crippen LogP) is 5.46. The van der Waals surface area contributed by atoms with Crippen LogP contribution in [0.1, 0.15) is 51.0 Å². The number of hydrogen-bond acceptors (Lipinski definition) is 1. The van der Waals surface area contributed by atoms with Crippen LogP contribution in [-0.4, -0.2) is 5.91 Å². The molecule has 1 aliphatic rings. The summed E-state index contributed by atoms with van der Waals surface area (Å²) in [6.45, 7) is 3.86. The van der Waals surface area contributed by atoms with Crippen LogP contribution in [0.15, 0.2) is 21.1 Å². The van der Waals surface area contributed by atoms with Gasteiger partial charge in [0.25, 0.3) is 0 Å². The van der Waals surface area contributed by atoms with Crippen molar-refractivity contribution in [3.63, 3.8) is 0 Å². The molecule has 1 saturated carbocycles. The third kappa shape index (κ3) is 3.60. The molecule has 1 amide bonds. The summed E-state index contributed by atoms with van der Waals surface area (Å²) in [6.07, 6.45) is 5.24. The SMILES string of the molecule is CC(=O)Nc1c(Br)cc(C2CCCCC2C)cc1Br. The Kier molecular flexibility index (Phi) is 5.07. The summed E-state index contributed by atoms with van der Waals surface area (Å²) in [5.41, 5.74) is 2.18. The van der Waals surface area contributed by atoms with E-state index in [-0.39, 0.29) is 5.91 Å². The molecule has 0 heterocycles. The monoisotopic (exact) mass is 387 g/mol. The lowest BCUT2D eigenvalue weighted by molar-refractivity contribution is -0.114. The zero-order chi connectivity index (χ0) is 14.0. The second kappa shape index (κ2) is 6.40. The Labute approximate surface area is 131 Å². The summed E-state index contributed by atoms with van der Waals surface area (Å²) in [6, 6.07) is 4.31. The molecule has 104 valence electrons. The highest BCUT2D eigenvalue weighted by Gasteiger charge is 2.24. The average molecular weight is 389 g/mol. The van der Waals surface area contributed by atoms with Crippen LogP contribution >= 0.6 is 31.9 Å². The van der Waals surface area contributed by atoms with E-state index in [0.717, 1.165) is 20.6 Å². The normalized spacial score (nSPS) is 23.2. The number of carbonyl (C=O) groups excluding carboxylic acids is 1. The summed E-state index contributed by atoms with van der Waals surface area (Å²) in [5.74, 6) is 1.31. The highest BCUT2D eigenvalue weighted by Crippen LogP contribution is 2.41. The minimum Gasteiger partial charge on any atom is -0.324 e. The molecule has 2 rings (SSSR count). The molecule has 0 bridgehead atoms. The minimum atomic E-state index is -0.0554. The van der Waals surface area contributed by atoms with E-state index < -0.39 is 0 Å². The van der Waals surface area contributed by atoms with E-state index in [0.29, 0.717) is 5.92 Å². The summed E-state index contributed by atoms with van der Waals surface area (Å²) >= 11 is 7.14. The van der Waals surface area contributed by atoms with Gasteiger partial charge in [-0.05, 0) is 67.8 Å². The highest BCUT2D eigenvalue weighted by atomic mass is 79.9. The van der Waals surface area contributed by atoms with Crippen LogP contribution < -0.4 is 5.32 Å². The zero-order valence-corrected chi connectivity index (χ0v) is 14.5. The third-order valence-electron chi connectivity index (χ3n) is 3.91. The van der Waals surface area contributed by atoms with Gasteiger partial charge in [-0.15, -0.1) is 0 Å². The second-order valence-electron chi connectivity index (χ2n) is 5.41. The number of anilines is 1. The van der Waals surface area contributed by atoms with Crippen LogP contribution in [0.25, 0.3) is 0 Å². The van der Waals surface area contributed by atoms with E-state index in [2.05, 4.69) is 56.2 Å². The van der Waals surface area contributed by atoms with Gasteiger partial charge in [0, 0.05) is 15.9 Å². The van der Waals surface area contributed by atoms with Gasteiger partial charge in [-0.3, -0.25) is 4.79 Å². The second-order valence-corrected chi connectivity index (χ2v) is 7.12. The first-order chi connectivity index (χ1) is 8.99. The lowest BCUT2D eigenvalue weighted by Gasteiger charge is -2.29. The summed E-state index contributed by atoms with van der Waals surface area (Å²) in [7, 11) is 0. The van der Waals surface area contributed by atoms with E-state index in [1.807, 2.05) is 0 Å². The van der Waals surface area contributed by atoms with E-state index >= 15 is 0 Å². The van der Waals surface area contributed by atoms with Crippen LogP contribution in [0.4, 0.5) is 5.69 Å². The maximum Gasteiger partial charge on any atom is 0.221 e. The Morgan fingerprint density at radius 2 is 1.79 bits per heavy atom. The van der Waals surface area contributed by atoms with Gasteiger partial charge >= 0.3 is 0 Å². The first-order valence-electron chi connectivity index (χ1n) is 6.75. The molecule has 4 heteroatoms. The van der Waals surface area contributed by atoms with Crippen molar-refractivity contribution in [3.8, 4) is 0 Å². The molecule has 0 radical (unpaired) electrons. The molecule has 2 unspecified atom stereocenters. The number of nitrogens with one attached hydrogen (secondary N) is 1. The van der Waals surface area contributed by atoms with E-state index in [1.165, 1.54) is 38.2 Å².